The summed E-state index contributed by atoms with van der Waals surface area (Å²) in [5, 5.41) is 8.50. The summed E-state index contributed by atoms with van der Waals surface area (Å²) in [4.78, 5) is 4.65. The lowest BCUT2D eigenvalue weighted by Gasteiger charge is -1.87. The van der Waals surface area contributed by atoms with E-state index in [2.05, 4.69) is 17.6 Å². The Kier molecular flexibility index (Phi) is 1.52. The highest BCUT2D eigenvalue weighted by molar-refractivity contribution is 7.80. The normalized spacial score (nSPS) is 10.0. The van der Waals surface area contributed by atoms with Gasteiger partial charge in [-0.15, -0.1) is 12.6 Å². The van der Waals surface area contributed by atoms with Gasteiger partial charge in [0.05, 0.1) is 0 Å². The van der Waals surface area contributed by atoms with Crippen LogP contribution in [0, 0.1) is 11.3 Å². The van der Waals surface area contributed by atoms with E-state index < -0.39 is 0 Å². The Morgan fingerprint density at radius 1 is 1.50 bits per heavy atom. The maximum Gasteiger partial charge on any atom is 0.301 e. The van der Waals surface area contributed by atoms with Gasteiger partial charge in [0, 0.05) is 4.90 Å². The zero-order chi connectivity index (χ0) is 8.55. The minimum absolute atomic E-state index is 0.0755. The molecule has 12 heavy (non-hydrogen) atoms. The molecule has 4 heteroatoms. The lowest BCUT2D eigenvalue weighted by Crippen LogP contribution is -1.71. The summed E-state index contributed by atoms with van der Waals surface area (Å²) in [6.45, 7) is 0. The molecule has 0 atom stereocenters. The molecule has 0 amide bonds. The Bertz CT molecular complexity index is 469. The molecule has 0 aliphatic rings. The van der Waals surface area contributed by atoms with Crippen molar-refractivity contribution in [2.75, 3.05) is 0 Å². The van der Waals surface area contributed by atoms with E-state index in [0.29, 0.717) is 11.1 Å². The first-order valence-electron chi connectivity index (χ1n) is 3.30. The summed E-state index contributed by atoms with van der Waals surface area (Å²) >= 11 is 4.17. The molecular formula is C8H4N2OS. The van der Waals surface area contributed by atoms with Crippen LogP contribution in [-0.2, 0) is 0 Å². The number of thiol groups is 1. The van der Waals surface area contributed by atoms with E-state index >= 15 is 0 Å². The van der Waals surface area contributed by atoms with Crippen LogP contribution in [0.4, 0.5) is 0 Å². The fourth-order valence-electron chi connectivity index (χ4n) is 0.982. The van der Waals surface area contributed by atoms with Gasteiger partial charge in [0.15, 0.2) is 11.7 Å². The first-order valence-corrected chi connectivity index (χ1v) is 3.74. The van der Waals surface area contributed by atoms with Crippen molar-refractivity contribution in [3.63, 3.8) is 0 Å². The zero-order valence-corrected chi connectivity index (χ0v) is 6.88. The molecule has 0 fully saturated rings. The van der Waals surface area contributed by atoms with Gasteiger partial charge in [-0.05, 0) is 12.1 Å². The summed E-state index contributed by atoms with van der Waals surface area (Å²) < 4.78 is 5.08. The Labute approximate surface area is 74.0 Å². The maximum atomic E-state index is 8.50. The molecule has 0 radical (unpaired) electrons. The summed E-state index contributed by atoms with van der Waals surface area (Å²) in [5.74, 6) is 0.0755. The molecule has 0 saturated carbocycles. The van der Waals surface area contributed by atoms with Crippen molar-refractivity contribution in [2.24, 2.45) is 0 Å². The number of nitrogens with zero attached hydrogens (tertiary/aromatic N) is 2. The van der Waals surface area contributed by atoms with E-state index in [-0.39, 0.29) is 5.89 Å². The fourth-order valence-corrected chi connectivity index (χ4v) is 1.23. The predicted octanol–water partition coefficient (Wildman–Crippen LogP) is 1.99. The third-order valence-electron chi connectivity index (χ3n) is 1.49. The molecule has 58 valence electrons. The van der Waals surface area contributed by atoms with Gasteiger partial charge in [0.2, 0.25) is 0 Å². The van der Waals surface area contributed by atoms with Crippen molar-refractivity contribution >= 4 is 23.7 Å². The molecule has 0 unspecified atom stereocenters. The number of rotatable bonds is 0. The van der Waals surface area contributed by atoms with Crippen molar-refractivity contribution in [2.45, 2.75) is 4.90 Å². The van der Waals surface area contributed by atoms with E-state index in [1.54, 1.807) is 18.2 Å². The number of hydrogen-bond acceptors (Lipinski definition) is 4. The lowest BCUT2D eigenvalue weighted by atomic mass is 10.3. The molecule has 1 aromatic heterocycles. The summed E-state index contributed by atoms with van der Waals surface area (Å²) in [7, 11) is 0. The van der Waals surface area contributed by atoms with Gasteiger partial charge in [-0.25, -0.2) is 0 Å². The van der Waals surface area contributed by atoms with E-state index in [1.807, 2.05) is 6.07 Å². The number of benzene rings is 1. The molecule has 1 aromatic carbocycles. The topological polar surface area (TPSA) is 49.8 Å². The van der Waals surface area contributed by atoms with Crippen molar-refractivity contribution in [1.29, 1.82) is 5.26 Å². The summed E-state index contributed by atoms with van der Waals surface area (Å²) in [5.41, 5.74) is 1.23. The number of aromatic nitrogens is 1. The minimum atomic E-state index is 0.0755. The first-order chi connectivity index (χ1) is 5.81. The lowest BCUT2D eigenvalue weighted by molar-refractivity contribution is 0.584. The van der Waals surface area contributed by atoms with E-state index in [1.165, 1.54) is 0 Å². The van der Waals surface area contributed by atoms with E-state index in [0.717, 1.165) is 4.90 Å². The third-order valence-corrected chi connectivity index (χ3v) is 1.85. The average molecular weight is 176 g/mol. The van der Waals surface area contributed by atoms with Crippen LogP contribution in [-0.4, -0.2) is 4.98 Å². The van der Waals surface area contributed by atoms with Gasteiger partial charge in [-0.1, -0.05) is 6.07 Å². The molecule has 2 rings (SSSR count). The van der Waals surface area contributed by atoms with Gasteiger partial charge in [0.1, 0.15) is 5.52 Å². The standard InChI is InChI=1S/C8H4N2OS/c9-4-7-10-8-5(11-7)2-1-3-6(8)12/h1-3,12H. The Hall–Kier alpha value is -1.47. The first kappa shape index (κ1) is 7.19. The number of hydrogen-bond donors (Lipinski definition) is 1. The van der Waals surface area contributed by atoms with Gasteiger partial charge >= 0.3 is 5.89 Å². The van der Waals surface area contributed by atoms with Gasteiger partial charge < -0.3 is 4.42 Å². The summed E-state index contributed by atoms with van der Waals surface area (Å²) in [6.07, 6.45) is 0. The van der Waals surface area contributed by atoms with Gasteiger partial charge in [-0.3, -0.25) is 0 Å². The maximum absolute atomic E-state index is 8.50. The van der Waals surface area contributed by atoms with Crippen LogP contribution in [0.2, 0.25) is 0 Å². The second-order valence-corrected chi connectivity index (χ2v) is 2.74. The quantitative estimate of drug-likeness (QED) is 0.624. The molecule has 0 spiro atoms. The molecule has 1 heterocycles. The smallest absolute Gasteiger partial charge is 0.301 e. The molecule has 0 N–H and O–H groups in total. The molecule has 0 aliphatic heterocycles. The number of oxazole rings is 1. The van der Waals surface area contributed by atoms with E-state index in [4.69, 9.17) is 9.68 Å². The monoisotopic (exact) mass is 176 g/mol. The molecule has 0 saturated heterocycles. The molecule has 0 bridgehead atoms. The van der Waals surface area contributed by atoms with Crippen molar-refractivity contribution in [3.05, 3.63) is 24.1 Å². The Balaban J connectivity index is 2.85. The Morgan fingerprint density at radius 2 is 2.33 bits per heavy atom. The fraction of sp³-hybridized carbons (Fsp3) is 0. The van der Waals surface area contributed by atoms with Crippen molar-refractivity contribution in [1.82, 2.24) is 4.98 Å². The van der Waals surface area contributed by atoms with Crippen LogP contribution in [0.15, 0.2) is 27.5 Å². The van der Waals surface area contributed by atoms with Crippen LogP contribution in [0.3, 0.4) is 0 Å². The van der Waals surface area contributed by atoms with Crippen molar-refractivity contribution < 1.29 is 4.42 Å². The van der Waals surface area contributed by atoms with Crippen LogP contribution >= 0.6 is 12.6 Å². The molecule has 3 nitrogen and oxygen atoms in total. The van der Waals surface area contributed by atoms with Gasteiger partial charge in [-0.2, -0.15) is 10.2 Å². The van der Waals surface area contributed by atoms with Crippen LogP contribution in [0.5, 0.6) is 0 Å². The predicted molar refractivity (Wildman–Crippen MR) is 46.0 cm³/mol. The highest BCUT2D eigenvalue weighted by atomic mass is 32.1. The average Bonchev–Trinajstić information content (AvgIpc) is 2.49. The second kappa shape index (κ2) is 2.54. The second-order valence-electron chi connectivity index (χ2n) is 2.25. The van der Waals surface area contributed by atoms with Gasteiger partial charge in [0.25, 0.3) is 0 Å². The largest absolute Gasteiger partial charge is 0.428 e. The zero-order valence-electron chi connectivity index (χ0n) is 5.98. The third kappa shape index (κ3) is 0.953. The Morgan fingerprint density at radius 3 is 3.00 bits per heavy atom. The highest BCUT2D eigenvalue weighted by Crippen LogP contribution is 2.21. The molecular weight excluding hydrogens is 172 g/mol. The molecule has 0 aliphatic carbocycles. The van der Waals surface area contributed by atoms with Crippen LogP contribution in [0.25, 0.3) is 11.1 Å². The van der Waals surface area contributed by atoms with Crippen LogP contribution < -0.4 is 0 Å². The number of para-hydroxylation sites is 1. The van der Waals surface area contributed by atoms with Crippen LogP contribution in [0.1, 0.15) is 5.89 Å². The SMILES string of the molecule is N#Cc1nc2c(S)cccc2o1. The minimum Gasteiger partial charge on any atom is -0.428 e. The molecule has 2 aromatic rings. The van der Waals surface area contributed by atoms with Crippen molar-refractivity contribution in [3.8, 4) is 6.07 Å². The number of fused-ring (bicyclic) bond motifs is 1. The number of nitriles is 1. The summed E-state index contributed by atoms with van der Waals surface area (Å²) in [6, 6.07) is 7.19. The highest BCUT2D eigenvalue weighted by Gasteiger charge is 2.05. The van der Waals surface area contributed by atoms with E-state index in [9.17, 15) is 0 Å².